The van der Waals surface area contributed by atoms with Crippen LogP contribution in [0.3, 0.4) is 0 Å². The summed E-state index contributed by atoms with van der Waals surface area (Å²) in [5.74, 6) is -0.335. The molecule has 0 spiro atoms. The molecule has 4 atom stereocenters. The van der Waals surface area contributed by atoms with Crippen LogP contribution < -0.4 is 4.18 Å². The molecule has 0 unspecified atom stereocenters. The molecule has 2 aliphatic heterocycles. The van der Waals surface area contributed by atoms with Crippen LogP contribution in [-0.4, -0.2) is 91.9 Å². The Kier molecular flexibility index (Phi) is 10.6. The van der Waals surface area contributed by atoms with Gasteiger partial charge in [0.05, 0.1) is 19.3 Å². The minimum absolute atomic E-state index is 0.0529. The number of rotatable bonds is 9. The predicted molar refractivity (Wildman–Crippen MR) is 200 cm³/mol. The second kappa shape index (κ2) is 13.8. The summed E-state index contributed by atoms with van der Waals surface area (Å²) in [5.41, 5.74) is 2.66. The van der Waals surface area contributed by atoms with Crippen molar-refractivity contribution in [2.24, 2.45) is 4.99 Å². The van der Waals surface area contributed by atoms with Crippen LogP contribution in [0, 0.1) is 0 Å². The van der Waals surface area contributed by atoms with Crippen LogP contribution in [0.4, 0.5) is 5.95 Å². The molecule has 5 rings (SSSR count). The molecule has 0 amide bonds. The third-order valence-corrected chi connectivity index (χ3v) is 16.1. The molecule has 0 bridgehead atoms. The molecular weight excluding hydrogens is 689 g/mol. The Morgan fingerprint density at radius 3 is 2.10 bits per heavy atom. The van der Waals surface area contributed by atoms with Crippen molar-refractivity contribution in [1.82, 2.24) is 24.4 Å². The highest BCUT2D eigenvalue weighted by atomic mass is 32.2. The number of nitrogens with zero attached hydrogens (tertiary/aromatic N) is 6. The maximum atomic E-state index is 14.4. The molecule has 13 nitrogen and oxygen atoms in total. The molecule has 3 aromatic rings. The third kappa shape index (κ3) is 7.21. The first-order valence-electron chi connectivity index (χ1n) is 17.7. The van der Waals surface area contributed by atoms with Crippen LogP contribution in [0.2, 0.25) is 10.1 Å². The number of ether oxygens (including phenoxy) is 1. The zero-order valence-electron chi connectivity index (χ0n) is 32.5. The number of aliphatic hydroxyl groups excluding tert-OH is 1. The lowest BCUT2D eigenvalue weighted by molar-refractivity contribution is -0.0795. The van der Waals surface area contributed by atoms with Crippen molar-refractivity contribution in [3.63, 3.8) is 0 Å². The van der Waals surface area contributed by atoms with E-state index in [0.717, 1.165) is 5.56 Å². The second-order valence-electron chi connectivity index (χ2n) is 17.0. The van der Waals surface area contributed by atoms with Gasteiger partial charge >= 0.3 is 18.7 Å². The maximum absolute atomic E-state index is 14.4. The van der Waals surface area contributed by atoms with E-state index in [4.69, 9.17) is 17.8 Å². The zero-order chi connectivity index (χ0) is 38.0. The summed E-state index contributed by atoms with van der Waals surface area (Å²) in [6, 6.07) is 3.91. The Labute approximate surface area is 304 Å². The molecule has 15 heteroatoms. The number of hydrogen-bond acceptors (Lipinski definition) is 11. The third-order valence-electron chi connectivity index (χ3n) is 9.61. The van der Waals surface area contributed by atoms with E-state index in [1.54, 1.807) is 23.6 Å². The molecule has 282 valence electrons. The monoisotopic (exact) mass is 744 g/mol. The molecule has 1 N–H and O–H groups in total. The minimum Gasteiger partial charge on any atom is -0.391 e. The van der Waals surface area contributed by atoms with Crippen LogP contribution in [0.25, 0.3) is 11.2 Å². The lowest BCUT2D eigenvalue weighted by atomic mass is 9.89. The van der Waals surface area contributed by atoms with Crippen molar-refractivity contribution in [2.75, 3.05) is 20.7 Å². The van der Waals surface area contributed by atoms with E-state index in [-0.39, 0.29) is 62.3 Å². The van der Waals surface area contributed by atoms with Crippen molar-refractivity contribution >= 4 is 42.1 Å². The van der Waals surface area contributed by atoms with Crippen molar-refractivity contribution in [2.45, 2.75) is 140 Å². The lowest BCUT2D eigenvalue weighted by Gasteiger charge is -2.53. The van der Waals surface area contributed by atoms with E-state index in [2.05, 4.69) is 75.3 Å². The van der Waals surface area contributed by atoms with Gasteiger partial charge in [0.2, 0.25) is 0 Å². The quantitative estimate of drug-likeness (QED) is 0.105. The van der Waals surface area contributed by atoms with E-state index in [1.165, 1.54) is 12.7 Å². The SMILES string of the molecule is CC(C)c1cc(C(C)C)c(S(=O)(=O)Oc2nc(/N=C/N(C)C)nc3c2ncn3[C@@H]2O[C@@H]3CO[Si](C(C)(C)C)(C(C)(C)C)O[C@H]3[C@H]2O)c(C(C)C)c1. The number of hydrogen-bond donors (Lipinski definition) is 1. The molecule has 0 radical (unpaired) electrons. The van der Waals surface area contributed by atoms with Gasteiger partial charge in [-0.3, -0.25) is 4.57 Å². The molecular formula is C36H56N6O7SSi. The Balaban J connectivity index is 1.61. The summed E-state index contributed by atoms with van der Waals surface area (Å²) in [7, 11) is -3.77. The van der Waals surface area contributed by atoms with Crippen LogP contribution in [-0.2, 0) is 23.7 Å². The van der Waals surface area contributed by atoms with Crippen LogP contribution >= 0.6 is 0 Å². The second-order valence-corrected chi connectivity index (χ2v) is 23.2. The highest BCUT2D eigenvalue weighted by Crippen LogP contribution is 2.56. The zero-order valence-corrected chi connectivity index (χ0v) is 34.4. The number of aromatic nitrogens is 4. The van der Waals surface area contributed by atoms with Gasteiger partial charge in [0.1, 0.15) is 23.2 Å². The summed E-state index contributed by atoms with van der Waals surface area (Å²) in [6.07, 6.45) is -0.331. The fourth-order valence-electron chi connectivity index (χ4n) is 7.24. The van der Waals surface area contributed by atoms with Gasteiger partial charge in [-0.15, -0.1) is 0 Å². The molecule has 2 aliphatic rings. The van der Waals surface area contributed by atoms with Gasteiger partial charge in [-0.05, 0) is 34.4 Å². The first-order chi connectivity index (χ1) is 23.5. The number of fused-ring (bicyclic) bond motifs is 2. The molecule has 4 heterocycles. The summed E-state index contributed by atoms with van der Waals surface area (Å²) < 4.78 is 56.1. The van der Waals surface area contributed by atoms with Crippen molar-refractivity contribution in [3.05, 3.63) is 35.2 Å². The minimum atomic E-state index is -4.44. The molecule has 0 aliphatic carbocycles. The summed E-state index contributed by atoms with van der Waals surface area (Å²) in [5, 5.41) is 11.2. The topological polar surface area (TPSA) is 150 Å². The van der Waals surface area contributed by atoms with E-state index >= 15 is 0 Å². The number of aliphatic imine (C=N–C) groups is 1. The van der Waals surface area contributed by atoms with Gasteiger partial charge in [0.15, 0.2) is 17.4 Å². The van der Waals surface area contributed by atoms with Gasteiger partial charge in [-0.2, -0.15) is 18.4 Å². The summed E-state index contributed by atoms with van der Waals surface area (Å²) >= 11 is 0. The lowest BCUT2D eigenvalue weighted by Crippen LogP contribution is -2.65. The molecule has 2 saturated heterocycles. The Hall–Kier alpha value is -2.95. The summed E-state index contributed by atoms with van der Waals surface area (Å²) in [6.45, 7) is 25.0. The van der Waals surface area contributed by atoms with Crippen LogP contribution in [0.5, 0.6) is 5.88 Å². The molecule has 0 saturated carbocycles. The Bertz CT molecular complexity index is 1850. The maximum Gasteiger partial charge on any atom is 0.349 e. The van der Waals surface area contributed by atoms with Crippen molar-refractivity contribution < 1.29 is 31.3 Å². The Morgan fingerprint density at radius 1 is 1.00 bits per heavy atom. The first-order valence-corrected chi connectivity index (χ1v) is 20.9. The highest BCUT2D eigenvalue weighted by Gasteiger charge is 2.65. The molecule has 1 aromatic carbocycles. The smallest absolute Gasteiger partial charge is 0.349 e. The van der Waals surface area contributed by atoms with E-state index in [9.17, 15) is 13.5 Å². The highest BCUT2D eigenvalue weighted by molar-refractivity contribution is 7.87. The van der Waals surface area contributed by atoms with Crippen molar-refractivity contribution in [1.29, 1.82) is 0 Å². The average molecular weight is 745 g/mol. The average Bonchev–Trinajstić information content (AvgIpc) is 3.58. The number of imidazole rings is 1. The molecule has 2 aromatic heterocycles. The van der Waals surface area contributed by atoms with Gasteiger partial charge in [0, 0.05) is 24.2 Å². The predicted octanol–water partition coefficient (Wildman–Crippen LogP) is 6.90. The number of benzene rings is 1. The molecule has 51 heavy (non-hydrogen) atoms. The fourth-order valence-corrected chi connectivity index (χ4v) is 13.8. The normalized spacial score (nSPS) is 22.9. The largest absolute Gasteiger partial charge is 0.391 e. The van der Waals surface area contributed by atoms with Crippen molar-refractivity contribution in [3.8, 4) is 5.88 Å². The van der Waals surface area contributed by atoms with E-state index < -0.39 is 43.2 Å². The standard InChI is InChI=1S/C36H56N6O7SSi/c1-20(2)23-15-24(21(3)4)30(25(16-23)22(5)6)50(44,45)48-32-27-31(39-34(40-32)38-18-41(13)14)42(19-37-27)33-28(43)29-26(47-33)17-46-51(49-29,35(7,8)9)36(10,11)12/h15-16,18-22,26,28-29,33,43H,17H2,1-14H3/b38-18+/t26-,28-,29-,33-/m1/s1. The van der Waals surface area contributed by atoms with Gasteiger partial charge in [-0.1, -0.05) is 95.2 Å². The van der Waals surface area contributed by atoms with Crippen LogP contribution in [0.1, 0.15) is 124 Å². The molecule has 2 fully saturated rings. The van der Waals surface area contributed by atoms with Gasteiger partial charge in [-0.25, -0.2) is 9.98 Å². The van der Waals surface area contributed by atoms with E-state index in [1.807, 2.05) is 39.8 Å². The number of aliphatic hydroxyl groups is 1. The van der Waals surface area contributed by atoms with E-state index in [0.29, 0.717) is 11.1 Å². The van der Waals surface area contributed by atoms with Gasteiger partial charge in [0.25, 0.3) is 11.8 Å². The fraction of sp³-hybridized carbons (Fsp3) is 0.667. The Morgan fingerprint density at radius 2 is 1.59 bits per heavy atom. The summed E-state index contributed by atoms with van der Waals surface area (Å²) in [4.78, 5) is 19.8. The van der Waals surface area contributed by atoms with Gasteiger partial charge < -0.3 is 27.8 Å². The first kappa shape index (κ1) is 39.3. The van der Waals surface area contributed by atoms with Crippen LogP contribution in [0.15, 0.2) is 28.3 Å².